The summed E-state index contributed by atoms with van der Waals surface area (Å²) in [5.74, 6) is 2.52. The molecular formula is C27H38N4O3. The Hall–Kier alpha value is -2.41. The van der Waals surface area contributed by atoms with E-state index in [0.717, 1.165) is 23.3 Å². The molecule has 6 rings (SSSR count). The van der Waals surface area contributed by atoms with Gasteiger partial charge in [0.05, 0.1) is 13.1 Å². The number of nitrogens with zero attached hydrogens (tertiary/aromatic N) is 2. The number of piperazine rings is 1. The highest BCUT2D eigenvalue weighted by Crippen LogP contribution is 2.61. The van der Waals surface area contributed by atoms with Crippen LogP contribution < -0.4 is 10.6 Å². The van der Waals surface area contributed by atoms with E-state index in [1.165, 1.54) is 38.5 Å². The molecule has 34 heavy (non-hydrogen) atoms. The van der Waals surface area contributed by atoms with Crippen molar-refractivity contribution in [3.63, 3.8) is 0 Å². The third-order valence-electron chi connectivity index (χ3n) is 8.56. The van der Waals surface area contributed by atoms with Crippen LogP contribution in [0, 0.1) is 23.2 Å². The monoisotopic (exact) mass is 466 g/mol. The van der Waals surface area contributed by atoms with E-state index in [2.05, 4.69) is 15.5 Å². The fourth-order valence-electron chi connectivity index (χ4n) is 7.41. The lowest BCUT2D eigenvalue weighted by atomic mass is 9.49. The molecule has 7 heteroatoms. The molecule has 1 aromatic carbocycles. The fraction of sp³-hybridized carbons (Fsp3) is 0.667. The molecule has 0 aromatic heterocycles. The van der Waals surface area contributed by atoms with Gasteiger partial charge < -0.3 is 15.5 Å². The molecule has 0 radical (unpaired) electrons. The van der Waals surface area contributed by atoms with Crippen LogP contribution in [-0.4, -0.2) is 66.8 Å². The van der Waals surface area contributed by atoms with Crippen molar-refractivity contribution < 1.29 is 14.4 Å². The molecule has 1 heterocycles. The third kappa shape index (κ3) is 5.62. The van der Waals surface area contributed by atoms with Crippen LogP contribution in [0.3, 0.4) is 0 Å². The zero-order valence-corrected chi connectivity index (χ0v) is 20.1. The molecule has 1 aliphatic heterocycles. The van der Waals surface area contributed by atoms with Crippen LogP contribution in [0.4, 0.5) is 0 Å². The Morgan fingerprint density at radius 2 is 1.44 bits per heavy atom. The molecule has 4 aliphatic carbocycles. The summed E-state index contributed by atoms with van der Waals surface area (Å²) in [6.45, 7) is 3.49. The van der Waals surface area contributed by atoms with Crippen molar-refractivity contribution in [3.05, 3.63) is 35.9 Å². The van der Waals surface area contributed by atoms with E-state index in [0.29, 0.717) is 45.7 Å². The largest absolute Gasteiger partial charge is 0.351 e. The molecular weight excluding hydrogens is 428 g/mol. The maximum absolute atomic E-state index is 12.7. The minimum absolute atomic E-state index is 0.000527. The summed E-state index contributed by atoms with van der Waals surface area (Å²) < 4.78 is 0. The van der Waals surface area contributed by atoms with Crippen molar-refractivity contribution in [1.29, 1.82) is 0 Å². The summed E-state index contributed by atoms with van der Waals surface area (Å²) in [4.78, 5) is 41.5. The average molecular weight is 467 g/mol. The van der Waals surface area contributed by atoms with E-state index >= 15 is 0 Å². The minimum Gasteiger partial charge on any atom is -0.351 e. The molecule has 0 unspecified atom stereocenters. The van der Waals surface area contributed by atoms with Gasteiger partial charge in [-0.05, 0) is 67.3 Å². The van der Waals surface area contributed by atoms with E-state index in [9.17, 15) is 14.4 Å². The highest BCUT2D eigenvalue weighted by molar-refractivity contribution is 5.85. The lowest BCUT2D eigenvalue weighted by Gasteiger charge is -2.56. The molecule has 3 amide bonds. The smallest absolute Gasteiger partial charge is 0.242 e. The van der Waals surface area contributed by atoms with Gasteiger partial charge in [0, 0.05) is 39.1 Å². The van der Waals surface area contributed by atoms with E-state index in [4.69, 9.17) is 0 Å². The molecule has 5 aliphatic rings. The Bertz CT molecular complexity index is 859. The highest BCUT2D eigenvalue weighted by Gasteiger charge is 2.51. The van der Waals surface area contributed by atoms with Gasteiger partial charge in [0.25, 0.3) is 0 Å². The molecule has 7 nitrogen and oxygen atoms in total. The van der Waals surface area contributed by atoms with E-state index in [1.54, 1.807) is 0 Å². The Morgan fingerprint density at radius 3 is 2.06 bits per heavy atom. The van der Waals surface area contributed by atoms with Crippen LogP contribution in [0.1, 0.15) is 50.5 Å². The first-order valence-corrected chi connectivity index (χ1v) is 13.0. The highest BCUT2D eigenvalue weighted by atomic mass is 16.2. The molecule has 0 spiro atoms. The minimum atomic E-state index is -0.0213. The van der Waals surface area contributed by atoms with Crippen LogP contribution in [-0.2, 0) is 20.9 Å². The van der Waals surface area contributed by atoms with Gasteiger partial charge in [0.15, 0.2) is 0 Å². The van der Waals surface area contributed by atoms with Crippen LogP contribution >= 0.6 is 0 Å². The molecule has 5 fully saturated rings. The van der Waals surface area contributed by atoms with Gasteiger partial charge in [-0.3, -0.25) is 19.3 Å². The molecule has 4 bridgehead atoms. The first kappa shape index (κ1) is 23.3. The molecule has 1 saturated heterocycles. The summed E-state index contributed by atoms with van der Waals surface area (Å²) in [6, 6.07) is 9.87. The first-order valence-electron chi connectivity index (χ1n) is 13.0. The van der Waals surface area contributed by atoms with Crippen LogP contribution in [0.5, 0.6) is 0 Å². The zero-order valence-electron chi connectivity index (χ0n) is 20.1. The third-order valence-corrected chi connectivity index (χ3v) is 8.56. The fourth-order valence-corrected chi connectivity index (χ4v) is 7.41. The SMILES string of the molecule is O=C(CN1CCN(C(=O)CNC(=O)CC23CC4CC(CC(C4)C2)C3)CC1)NCc1ccccc1. The van der Waals surface area contributed by atoms with E-state index in [1.807, 2.05) is 35.2 Å². The van der Waals surface area contributed by atoms with Gasteiger partial charge in [0.2, 0.25) is 17.7 Å². The van der Waals surface area contributed by atoms with Gasteiger partial charge in [0.1, 0.15) is 0 Å². The van der Waals surface area contributed by atoms with Crippen molar-refractivity contribution in [1.82, 2.24) is 20.4 Å². The van der Waals surface area contributed by atoms with Crippen LogP contribution in [0.25, 0.3) is 0 Å². The van der Waals surface area contributed by atoms with Gasteiger partial charge >= 0.3 is 0 Å². The standard InChI is InChI=1S/C27H38N4O3/c32-24(16-27-13-21-10-22(14-27)12-23(11-21)15-27)29-18-26(34)31-8-6-30(7-9-31)19-25(33)28-17-20-4-2-1-3-5-20/h1-5,21-23H,6-19H2,(H,28,33)(H,29,32). The molecule has 4 saturated carbocycles. The number of carbonyl (C=O) groups is 3. The van der Waals surface area contributed by atoms with Crippen molar-refractivity contribution in [3.8, 4) is 0 Å². The summed E-state index contributed by atoms with van der Waals surface area (Å²) >= 11 is 0. The Balaban J connectivity index is 0.992. The predicted molar refractivity (Wildman–Crippen MR) is 130 cm³/mol. The summed E-state index contributed by atoms with van der Waals surface area (Å²) in [5.41, 5.74) is 1.28. The van der Waals surface area contributed by atoms with Gasteiger partial charge in [-0.2, -0.15) is 0 Å². The number of hydrogen-bond acceptors (Lipinski definition) is 4. The maximum atomic E-state index is 12.7. The van der Waals surface area contributed by atoms with Crippen molar-refractivity contribution in [2.45, 2.75) is 51.5 Å². The number of rotatable bonds is 8. The van der Waals surface area contributed by atoms with Crippen LogP contribution in [0.15, 0.2) is 30.3 Å². The summed E-state index contributed by atoms with van der Waals surface area (Å²) in [5, 5.41) is 5.88. The second kappa shape index (κ2) is 10.1. The average Bonchev–Trinajstić information content (AvgIpc) is 2.81. The topological polar surface area (TPSA) is 81.8 Å². The maximum Gasteiger partial charge on any atom is 0.242 e. The lowest BCUT2D eigenvalue weighted by molar-refractivity contribution is -0.136. The molecule has 0 atom stereocenters. The zero-order chi connectivity index (χ0) is 23.5. The number of nitrogens with one attached hydrogen (secondary N) is 2. The normalized spacial score (nSPS) is 30.2. The van der Waals surface area contributed by atoms with Crippen molar-refractivity contribution in [2.75, 3.05) is 39.3 Å². The van der Waals surface area contributed by atoms with Crippen LogP contribution in [0.2, 0.25) is 0 Å². The first-order chi connectivity index (χ1) is 16.5. The van der Waals surface area contributed by atoms with Crippen molar-refractivity contribution >= 4 is 17.7 Å². The molecule has 184 valence electrons. The van der Waals surface area contributed by atoms with E-state index < -0.39 is 0 Å². The van der Waals surface area contributed by atoms with Gasteiger partial charge in [-0.1, -0.05) is 30.3 Å². The van der Waals surface area contributed by atoms with E-state index in [-0.39, 0.29) is 29.7 Å². The Labute approximate surface area is 202 Å². The predicted octanol–water partition coefficient (Wildman–Crippen LogP) is 2.17. The number of amides is 3. The van der Waals surface area contributed by atoms with Gasteiger partial charge in [-0.15, -0.1) is 0 Å². The summed E-state index contributed by atoms with van der Waals surface area (Å²) in [7, 11) is 0. The second-order valence-corrected chi connectivity index (χ2v) is 11.3. The number of benzene rings is 1. The summed E-state index contributed by atoms with van der Waals surface area (Å²) in [6.07, 6.45) is 8.35. The van der Waals surface area contributed by atoms with Crippen molar-refractivity contribution in [2.24, 2.45) is 23.2 Å². The van der Waals surface area contributed by atoms with Gasteiger partial charge in [-0.25, -0.2) is 0 Å². The quantitative estimate of drug-likeness (QED) is 0.615. The second-order valence-electron chi connectivity index (χ2n) is 11.3. The lowest BCUT2D eigenvalue weighted by Crippen LogP contribution is -2.53. The Kier molecular flexibility index (Phi) is 6.91. The molecule has 2 N–H and O–H groups in total. The number of hydrogen-bond donors (Lipinski definition) is 2. The molecule has 1 aromatic rings. The Morgan fingerprint density at radius 1 is 0.824 bits per heavy atom. The number of carbonyl (C=O) groups excluding carboxylic acids is 3.